The van der Waals surface area contributed by atoms with Crippen LogP contribution in [0.3, 0.4) is 0 Å². The van der Waals surface area contributed by atoms with Gasteiger partial charge in [0.2, 0.25) is 0 Å². The van der Waals surface area contributed by atoms with Crippen molar-refractivity contribution >= 4 is 6.09 Å². The Bertz CT molecular complexity index is 523. The number of rotatable bonds is 2. The van der Waals surface area contributed by atoms with Crippen molar-refractivity contribution in [3.8, 4) is 0 Å². The van der Waals surface area contributed by atoms with Gasteiger partial charge in [0.15, 0.2) is 0 Å². The van der Waals surface area contributed by atoms with Crippen LogP contribution in [0.15, 0.2) is 30.3 Å². The zero-order chi connectivity index (χ0) is 15.0. The summed E-state index contributed by atoms with van der Waals surface area (Å²) >= 11 is 0. The first-order valence-electron chi connectivity index (χ1n) is 7.00. The molecule has 1 amide bonds. The lowest BCUT2D eigenvalue weighted by atomic mass is 10.0. The summed E-state index contributed by atoms with van der Waals surface area (Å²) < 4.78 is 32.9. The highest BCUT2D eigenvalue weighted by molar-refractivity contribution is 5.69. The lowest BCUT2D eigenvalue weighted by Crippen LogP contribution is -2.37. The van der Waals surface area contributed by atoms with Crippen molar-refractivity contribution < 1.29 is 23.4 Å². The maximum atomic E-state index is 13.9. The molecule has 0 radical (unpaired) electrons. The Morgan fingerprint density at radius 1 is 1.33 bits per heavy atom. The average molecular weight is 297 g/mol. The molecular formula is C15H17F2NO3. The summed E-state index contributed by atoms with van der Waals surface area (Å²) in [5, 5.41) is 9.56. The van der Waals surface area contributed by atoms with Crippen LogP contribution in [-0.2, 0) is 11.3 Å². The first-order valence-corrected chi connectivity index (χ1v) is 7.00. The van der Waals surface area contributed by atoms with Crippen molar-refractivity contribution in [2.24, 2.45) is 5.92 Å². The molecule has 1 aromatic rings. The van der Waals surface area contributed by atoms with E-state index in [1.165, 1.54) is 0 Å². The third kappa shape index (κ3) is 2.72. The number of halogens is 2. The van der Waals surface area contributed by atoms with Gasteiger partial charge in [-0.15, -0.1) is 0 Å². The third-order valence-corrected chi connectivity index (χ3v) is 4.27. The monoisotopic (exact) mass is 297 g/mol. The van der Waals surface area contributed by atoms with Gasteiger partial charge in [-0.3, -0.25) is 4.90 Å². The summed E-state index contributed by atoms with van der Waals surface area (Å²) in [6, 6.07) is 8.45. The minimum Gasteiger partial charge on any atom is -0.445 e. The summed E-state index contributed by atoms with van der Waals surface area (Å²) in [4.78, 5) is 13.1. The largest absolute Gasteiger partial charge is 0.445 e. The second-order valence-corrected chi connectivity index (χ2v) is 5.73. The minimum absolute atomic E-state index is 0.0418. The van der Waals surface area contributed by atoms with E-state index in [9.17, 15) is 18.7 Å². The van der Waals surface area contributed by atoms with Crippen LogP contribution in [0.25, 0.3) is 0 Å². The summed E-state index contributed by atoms with van der Waals surface area (Å²) in [7, 11) is 0. The number of alkyl halides is 2. The zero-order valence-electron chi connectivity index (χ0n) is 11.4. The number of benzene rings is 1. The molecule has 2 fully saturated rings. The van der Waals surface area contributed by atoms with E-state index in [4.69, 9.17) is 4.74 Å². The Labute approximate surface area is 121 Å². The Kier molecular flexibility index (Phi) is 3.57. The fourth-order valence-corrected chi connectivity index (χ4v) is 3.25. The van der Waals surface area contributed by atoms with Gasteiger partial charge in [-0.25, -0.2) is 13.6 Å². The van der Waals surface area contributed by atoms with Gasteiger partial charge < -0.3 is 9.84 Å². The number of likely N-dealkylation sites (tertiary alicyclic amines) is 1. The lowest BCUT2D eigenvalue weighted by molar-refractivity contribution is -0.0346. The number of carbonyl (C=O) groups excluding carboxylic acids is 1. The van der Waals surface area contributed by atoms with Crippen molar-refractivity contribution in [1.82, 2.24) is 4.90 Å². The van der Waals surface area contributed by atoms with Crippen molar-refractivity contribution in [3.63, 3.8) is 0 Å². The Hall–Kier alpha value is -1.69. The summed E-state index contributed by atoms with van der Waals surface area (Å²) in [5.41, 5.74) is 0.805. The second kappa shape index (κ2) is 5.26. The van der Waals surface area contributed by atoms with Crippen LogP contribution < -0.4 is 0 Å². The molecular weight excluding hydrogens is 280 g/mol. The number of hydrogen-bond donors (Lipinski definition) is 1. The number of carbonyl (C=O) groups is 1. The molecule has 1 unspecified atom stereocenters. The van der Waals surface area contributed by atoms with Crippen LogP contribution >= 0.6 is 0 Å². The van der Waals surface area contributed by atoms with Crippen LogP contribution in [0.4, 0.5) is 13.6 Å². The maximum absolute atomic E-state index is 13.9. The molecule has 6 heteroatoms. The molecule has 2 aliphatic rings. The highest BCUT2D eigenvalue weighted by Crippen LogP contribution is 2.47. The quantitative estimate of drug-likeness (QED) is 0.912. The zero-order valence-corrected chi connectivity index (χ0v) is 11.4. The van der Waals surface area contributed by atoms with Crippen molar-refractivity contribution in [2.45, 2.75) is 37.5 Å². The average Bonchev–Trinajstić information content (AvgIpc) is 2.95. The van der Waals surface area contributed by atoms with Crippen LogP contribution in [0.1, 0.15) is 18.4 Å². The number of amides is 1. The SMILES string of the molecule is O=C(OCc1ccccc1)N1CC(F)(F)[C@H]2CC(O)C[C@H]21. The number of ether oxygens (including phenoxy) is 1. The first kappa shape index (κ1) is 14.3. The van der Waals surface area contributed by atoms with Gasteiger partial charge in [0, 0.05) is 12.0 Å². The number of fused-ring (bicyclic) bond motifs is 1. The molecule has 1 saturated carbocycles. The van der Waals surface area contributed by atoms with E-state index in [-0.39, 0.29) is 19.4 Å². The van der Waals surface area contributed by atoms with Gasteiger partial charge in [-0.05, 0) is 18.4 Å². The Morgan fingerprint density at radius 2 is 2.05 bits per heavy atom. The van der Waals surface area contributed by atoms with Gasteiger partial charge in [0.05, 0.1) is 12.6 Å². The highest BCUT2D eigenvalue weighted by atomic mass is 19.3. The minimum atomic E-state index is -2.95. The predicted octanol–water partition coefficient (Wildman–Crippen LogP) is 2.41. The molecule has 1 N–H and O–H groups in total. The topological polar surface area (TPSA) is 49.8 Å². The summed E-state index contributed by atoms with van der Waals surface area (Å²) in [6.07, 6.45) is -1.27. The number of aliphatic hydroxyl groups is 1. The number of hydrogen-bond acceptors (Lipinski definition) is 3. The van der Waals surface area contributed by atoms with Crippen LogP contribution in [0.5, 0.6) is 0 Å². The molecule has 1 aliphatic heterocycles. The molecule has 1 saturated heterocycles. The van der Waals surface area contributed by atoms with E-state index < -0.39 is 36.6 Å². The van der Waals surface area contributed by atoms with Crippen molar-refractivity contribution in [2.75, 3.05) is 6.54 Å². The van der Waals surface area contributed by atoms with Gasteiger partial charge >= 0.3 is 6.09 Å². The molecule has 3 rings (SSSR count). The molecule has 1 aliphatic carbocycles. The third-order valence-electron chi connectivity index (χ3n) is 4.27. The van der Waals surface area contributed by atoms with E-state index >= 15 is 0 Å². The fourth-order valence-electron chi connectivity index (χ4n) is 3.25. The molecule has 21 heavy (non-hydrogen) atoms. The molecule has 1 heterocycles. The van der Waals surface area contributed by atoms with Crippen LogP contribution in [0, 0.1) is 5.92 Å². The number of nitrogens with zero attached hydrogens (tertiary/aromatic N) is 1. The van der Waals surface area contributed by atoms with Gasteiger partial charge in [-0.1, -0.05) is 30.3 Å². The van der Waals surface area contributed by atoms with Crippen molar-refractivity contribution in [3.05, 3.63) is 35.9 Å². The predicted molar refractivity (Wildman–Crippen MR) is 70.8 cm³/mol. The van der Waals surface area contributed by atoms with Crippen molar-refractivity contribution in [1.29, 1.82) is 0 Å². The smallest absolute Gasteiger partial charge is 0.410 e. The first-order chi connectivity index (χ1) is 9.97. The second-order valence-electron chi connectivity index (χ2n) is 5.73. The molecule has 4 nitrogen and oxygen atoms in total. The standard InChI is InChI=1S/C15H17F2NO3/c16-15(17)9-18(13-7-11(19)6-12(13)15)14(20)21-8-10-4-2-1-3-5-10/h1-5,11-13,19H,6-9H2/t11?,12-,13+/m0/s1. The van der Waals surface area contributed by atoms with E-state index in [1.807, 2.05) is 18.2 Å². The molecule has 3 atom stereocenters. The Morgan fingerprint density at radius 3 is 2.76 bits per heavy atom. The molecule has 0 spiro atoms. The van der Waals surface area contributed by atoms with Gasteiger partial charge in [0.1, 0.15) is 6.61 Å². The van der Waals surface area contributed by atoms with Crippen LogP contribution in [-0.4, -0.2) is 40.7 Å². The Balaban J connectivity index is 1.65. The summed E-state index contributed by atoms with van der Waals surface area (Å²) in [5.74, 6) is -3.91. The highest BCUT2D eigenvalue weighted by Gasteiger charge is 2.59. The molecule has 0 bridgehead atoms. The van der Waals surface area contributed by atoms with E-state index in [0.717, 1.165) is 10.5 Å². The van der Waals surface area contributed by atoms with Crippen LogP contribution in [0.2, 0.25) is 0 Å². The molecule has 1 aromatic carbocycles. The number of aliphatic hydroxyl groups excluding tert-OH is 1. The fraction of sp³-hybridized carbons (Fsp3) is 0.533. The molecule has 0 aromatic heterocycles. The van der Waals surface area contributed by atoms with Gasteiger partial charge in [-0.2, -0.15) is 0 Å². The lowest BCUT2D eigenvalue weighted by Gasteiger charge is -2.22. The summed E-state index contributed by atoms with van der Waals surface area (Å²) in [6.45, 7) is -0.565. The van der Waals surface area contributed by atoms with E-state index in [1.54, 1.807) is 12.1 Å². The van der Waals surface area contributed by atoms with E-state index in [2.05, 4.69) is 0 Å². The van der Waals surface area contributed by atoms with E-state index in [0.29, 0.717) is 0 Å². The maximum Gasteiger partial charge on any atom is 0.410 e. The normalized spacial score (nSPS) is 30.2. The molecule has 114 valence electrons. The van der Waals surface area contributed by atoms with Gasteiger partial charge in [0.25, 0.3) is 5.92 Å².